The van der Waals surface area contributed by atoms with Crippen molar-refractivity contribution in [2.75, 3.05) is 6.61 Å². The molecule has 17 heavy (non-hydrogen) atoms. The minimum atomic E-state index is -0.676. The van der Waals surface area contributed by atoms with Crippen LogP contribution in [0.3, 0.4) is 0 Å². The summed E-state index contributed by atoms with van der Waals surface area (Å²) in [5.74, 6) is 4.91. The predicted octanol–water partition coefficient (Wildman–Crippen LogP) is 1.86. The van der Waals surface area contributed by atoms with E-state index in [-0.39, 0.29) is 12.5 Å². The Morgan fingerprint density at radius 1 is 1.35 bits per heavy atom. The molecule has 0 heterocycles. The van der Waals surface area contributed by atoms with E-state index in [9.17, 15) is 9.90 Å². The number of aliphatic hydroxyl groups excluding tert-OH is 1. The molecule has 1 aromatic carbocycles. The van der Waals surface area contributed by atoms with Gasteiger partial charge in [-0.3, -0.25) is 0 Å². The lowest BCUT2D eigenvalue weighted by Gasteiger charge is -2.05. The molecule has 0 aliphatic rings. The number of benzene rings is 1. The molecule has 0 fully saturated rings. The number of hydrogen-bond donors (Lipinski definition) is 1. The molecule has 3 heteroatoms. The minimum Gasteiger partial charge on any atom is -0.449 e. The summed E-state index contributed by atoms with van der Waals surface area (Å²) in [6.07, 6.45) is -0.676. The van der Waals surface area contributed by atoms with Crippen LogP contribution in [-0.4, -0.2) is 23.8 Å². The third kappa shape index (κ3) is 4.71. The van der Waals surface area contributed by atoms with Crippen LogP contribution in [-0.2, 0) is 4.74 Å². The van der Waals surface area contributed by atoms with Gasteiger partial charge in [-0.25, -0.2) is 4.79 Å². The number of hydrogen-bond acceptors (Lipinski definition) is 3. The van der Waals surface area contributed by atoms with Crippen molar-refractivity contribution in [1.82, 2.24) is 0 Å². The topological polar surface area (TPSA) is 46.5 Å². The third-order valence-electron chi connectivity index (χ3n) is 2.17. The zero-order valence-corrected chi connectivity index (χ0v) is 10.0. The second kappa shape index (κ2) is 6.72. The zero-order chi connectivity index (χ0) is 12.7. The fraction of sp³-hybridized carbons (Fsp3) is 0.357. The SMILES string of the molecule is CC(C)[C@H](O)C#CCOC(=O)c1ccccc1. The fourth-order valence-corrected chi connectivity index (χ4v) is 1.07. The first-order valence-corrected chi connectivity index (χ1v) is 5.50. The van der Waals surface area contributed by atoms with E-state index in [1.807, 2.05) is 19.9 Å². The molecule has 90 valence electrons. The highest BCUT2D eigenvalue weighted by Crippen LogP contribution is 2.01. The van der Waals surface area contributed by atoms with Crippen LogP contribution in [0.15, 0.2) is 30.3 Å². The molecular formula is C14H16O3. The van der Waals surface area contributed by atoms with Gasteiger partial charge >= 0.3 is 5.97 Å². The van der Waals surface area contributed by atoms with Crippen molar-refractivity contribution < 1.29 is 14.6 Å². The first-order chi connectivity index (χ1) is 8.11. The molecule has 0 bridgehead atoms. The highest BCUT2D eigenvalue weighted by molar-refractivity contribution is 5.89. The normalized spacial score (nSPS) is 11.5. The van der Waals surface area contributed by atoms with E-state index >= 15 is 0 Å². The lowest BCUT2D eigenvalue weighted by Crippen LogP contribution is -2.12. The van der Waals surface area contributed by atoms with Gasteiger partial charge in [0.15, 0.2) is 6.61 Å². The van der Waals surface area contributed by atoms with Gasteiger partial charge in [0.1, 0.15) is 6.10 Å². The maximum atomic E-state index is 11.5. The van der Waals surface area contributed by atoms with Crippen molar-refractivity contribution in [2.24, 2.45) is 5.92 Å². The van der Waals surface area contributed by atoms with Gasteiger partial charge in [0.25, 0.3) is 0 Å². The predicted molar refractivity (Wildman–Crippen MR) is 65.3 cm³/mol. The third-order valence-corrected chi connectivity index (χ3v) is 2.17. The van der Waals surface area contributed by atoms with E-state index in [2.05, 4.69) is 11.8 Å². The smallest absolute Gasteiger partial charge is 0.339 e. The Morgan fingerprint density at radius 2 is 2.00 bits per heavy atom. The van der Waals surface area contributed by atoms with Crippen LogP contribution < -0.4 is 0 Å². The maximum Gasteiger partial charge on any atom is 0.339 e. The summed E-state index contributed by atoms with van der Waals surface area (Å²) in [5, 5.41) is 9.39. The fourth-order valence-electron chi connectivity index (χ4n) is 1.07. The monoisotopic (exact) mass is 232 g/mol. The zero-order valence-electron chi connectivity index (χ0n) is 10.0. The number of rotatable bonds is 3. The average Bonchev–Trinajstić information content (AvgIpc) is 2.35. The van der Waals surface area contributed by atoms with Crippen molar-refractivity contribution in [2.45, 2.75) is 20.0 Å². The largest absolute Gasteiger partial charge is 0.449 e. The highest BCUT2D eigenvalue weighted by atomic mass is 16.5. The summed E-state index contributed by atoms with van der Waals surface area (Å²) in [6.45, 7) is 3.74. The number of carbonyl (C=O) groups is 1. The summed E-state index contributed by atoms with van der Waals surface area (Å²) in [5.41, 5.74) is 0.499. The minimum absolute atomic E-state index is 0.00247. The van der Waals surface area contributed by atoms with Crippen molar-refractivity contribution >= 4 is 5.97 Å². The maximum absolute atomic E-state index is 11.5. The van der Waals surface area contributed by atoms with Crippen LogP contribution in [0.5, 0.6) is 0 Å². The van der Waals surface area contributed by atoms with Crippen LogP contribution in [0.1, 0.15) is 24.2 Å². The van der Waals surface area contributed by atoms with Crippen LogP contribution in [0.2, 0.25) is 0 Å². The van der Waals surface area contributed by atoms with Crippen LogP contribution >= 0.6 is 0 Å². The molecule has 0 radical (unpaired) electrons. The van der Waals surface area contributed by atoms with E-state index < -0.39 is 12.1 Å². The van der Waals surface area contributed by atoms with E-state index in [1.165, 1.54) is 0 Å². The molecule has 1 N–H and O–H groups in total. The molecule has 0 unspecified atom stereocenters. The van der Waals surface area contributed by atoms with Crippen LogP contribution in [0.4, 0.5) is 0 Å². The van der Waals surface area contributed by atoms with E-state index in [1.54, 1.807) is 24.3 Å². The van der Waals surface area contributed by atoms with Crippen LogP contribution in [0, 0.1) is 17.8 Å². The Kier molecular flexibility index (Phi) is 5.25. The van der Waals surface area contributed by atoms with E-state index in [4.69, 9.17) is 4.74 Å². The second-order valence-electron chi connectivity index (χ2n) is 3.95. The Morgan fingerprint density at radius 3 is 2.59 bits per heavy atom. The average molecular weight is 232 g/mol. The standard InChI is InChI=1S/C14H16O3/c1-11(2)13(15)9-6-10-17-14(16)12-7-4-3-5-8-12/h3-5,7-8,11,13,15H,10H2,1-2H3/t13-/m1/s1. The van der Waals surface area contributed by atoms with Crippen LogP contribution in [0.25, 0.3) is 0 Å². The van der Waals surface area contributed by atoms with Gasteiger partial charge in [0.2, 0.25) is 0 Å². The van der Waals surface area contributed by atoms with Crippen molar-refractivity contribution in [3.05, 3.63) is 35.9 Å². The molecule has 0 aromatic heterocycles. The molecule has 0 spiro atoms. The number of ether oxygens (including phenoxy) is 1. The van der Waals surface area contributed by atoms with Crippen molar-refractivity contribution in [3.63, 3.8) is 0 Å². The molecule has 0 aliphatic carbocycles. The van der Waals surface area contributed by atoms with Gasteiger partial charge in [0.05, 0.1) is 5.56 Å². The van der Waals surface area contributed by atoms with Crippen molar-refractivity contribution in [1.29, 1.82) is 0 Å². The molecule has 1 aromatic rings. The molecular weight excluding hydrogens is 216 g/mol. The summed E-state index contributed by atoms with van der Waals surface area (Å²) < 4.78 is 4.93. The molecule has 0 saturated heterocycles. The number of carbonyl (C=O) groups excluding carboxylic acids is 1. The van der Waals surface area contributed by atoms with Gasteiger partial charge < -0.3 is 9.84 Å². The quantitative estimate of drug-likeness (QED) is 0.639. The molecule has 0 aliphatic heterocycles. The van der Waals surface area contributed by atoms with Gasteiger partial charge in [-0.05, 0) is 18.1 Å². The van der Waals surface area contributed by atoms with E-state index in [0.717, 1.165) is 0 Å². The Hall–Kier alpha value is -1.79. The highest BCUT2D eigenvalue weighted by Gasteiger charge is 2.05. The number of aliphatic hydroxyl groups is 1. The second-order valence-corrected chi connectivity index (χ2v) is 3.95. The van der Waals surface area contributed by atoms with Gasteiger partial charge in [0, 0.05) is 0 Å². The molecule has 1 atom stereocenters. The summed E-state index contributed by atoms with van der Waals surface area (Å²) >= 11 is 0. The summed E-state index contributed by atoms with van der Waals surface area (Å²) in [7, 11) is 0. The molecule has 3 nitrogen and oxygen atoms in total. The lowest BCUT2D eigenvalue weighted by molar-refractivity contribution is 0.0556. The van der Waals surface area contributed by atoms with Gasteiger partial charge in [-0.2, -0.15) is 0 Å². The molecule has 0 amide bonds. The number of esters is 1. The first-order valence-electron chi connectivity index (χ1n) is 5.50. The summed E-state index contributed by atoms with van der Waals surface area (Å²) in [6, 6.07) is 8.72. The Balaban J connectivity index is 2.40. The van der Waals surface area contributed by atoms with Gasteiger partial charge in [-0.1, -0.05) is 43.9 Å². The van der Waals surface area contributed by atoms with Gasteiger partial charge in [-0.15, -0.1) is 0 Å². The summed E-state index contributed by atoms with van der Waals surface area (Å²) in [4.78, 5) is 11.5. The lowest BCUT2D eigenvalue weighted by atomic mass is 10.1. The van der Waals surface area contributed by atoms with E-state index in [0.29, 0.717) is 5.56 Å². The molecule has 1 rings (SSSR count). The van der Waals surface area contributed by atoms with Crippen molar-refractivity contribution in [3.8, 4) is 11.8 Å². The first kappa shape index (κ1) is 13.3. The molecule has 0 saturated carbocycles. The Bertz CT molecular complexity index is 412. The Labute approximate surface area is 101 Å².